The van der Waals surface area contributed by atoms with E-state index in [4.69, 9.17) is 0 Å². The van der Waals surface area contributed by atoms with Crippen LogP contribution in [0.4, 0.5) is 16.2 Å². The van der Waals surface area contributed by atoms with Crippen LogP contribution in [0.2, 0.25) is 0 Å². The van der Waals surface area contributed by atoms with Crippen molar-refractivity contribution in [2.45, 2.75) is 13.1 Å². The van der Waals surface area contributed by atoms with Crippen LogP contribution in [-0.4, -0.2) is 17.0 Å². The molecule has 0 aliphatic carbocycles. The van der Waals surface area contributed by atoms with Gasteiger partial charge in [0.05, 0.1) is 6.20 Å². The lowest BCUT2D eigenvalue weighted by molar-refractivity contribution is 0.604. The predicted octanol–water partition coefficient (Wildman–Crippen LogP) is 2.18. The normalized spacial score (nSPS) is 13.6. The molecule has 2 heterocycles. The molecule has 1 aromatic carbocycles. The lowest BCUT2D eigenvalue weighted by atomic mass is 10.1. The van der Waals surface area contributed by atoms with Gasteiger partial charge in [0.1, 0.15) is 0 Å². The van der Waals surface area contributed by atoms with Crippen molar-refractivity contribution in [2.24, 2.45) is 0 Å². The highest BCUT2D eigenvalue weighted by molar-refractivity contribution is 5.49. The molecule has 1 aromatic heterocycles. The third-order valence-corrected chi connectivity index (χ3v) is 3.09. The second-order valence-corrected chi connectivity index (χ2v) is 4.24. The van der Waals surface area contributed by atoms with E-state index in [0.717, 1.165) is 0 Å². The molecule has 2 aromatic rings. The summed E-state index contributed by atoms with van der Waals surface area (Å²) in [6.07, 6.45) is 1.21. The molecule has 0 fully saturated rings. The number of rotatable bonds is 2. The van der Waals surface area contributed by atoms with Gasteiger partial charge >= 0.3 is 0 Å². The molecule has 0 atom stereocenters. The molecule has 18 heavy (non-hydrogen) atoms. The third-order valence-electron chi connectivity index (χ3n) is 3.09. The maximum Gasteiger partial charge on any atom is 0.224 e. The summed E-state index contributed by atoms with van der Waals surface area (Å²) in [6.45, 7) is 1.38. The van der Waals surface area contributed by atoms with E-state index in [2.05, 4.69) is 27.4 Å². The van der Waals surface area contributed by atoms with Gasteiger partial charge in [0.2, 0.25) is 5.95 Å². The van der Waals surface area contributed by atoms with Gasteiger partial charge in [-0.1, -0.05) is 24.3 Å². The maximum atomic E-state index is 13.8. The van der Waals surface area contributed by atoms with Crippen molar-refractivity contribution in [3.05, 3.63) is 47.4 Å². The van der Waals surface area contributed by atoms with Gasteiger partial charge in [0.15, 0.2) is 11.6 Å². The van der Waals surface area contributed by atoms with E-state index >= 15 is 0 Å². The van der Waals surface area contributed by atoms with E-state index in [1.165, 1.54) is 17.3 Å². The van der Waals surface area contributed by atoms with Crippen LogP contribution in [0.5, 0.6) is 0 Å². The summed E-state index contributed by atoms with van der Waals surface area (Å²) >= 11 is 0. The summed E-state index contributed by atoms with van der Waals surface area (Å²) in [5, 5.41) is 2.82. The summed E-state index contributed by atoms with van der Waals surface area (Å²) in [6, 6.07) is 8.12. The number of hydrogen-bond donors (Lipinski definition) is 1. The largest absolute Gasteiger partial charge is 0.357 e. The minimum Gasteiger partial charge on any atom is -0.357 e. The van der Waals surface area contributed by atoms with E-state index in [-0.39, 0.29) is 5.82 Å². The number of halogens is 1. The zero-order valence-corrected chi connectivity index (χ0v) is 10.0. The Balaban J connectivity index is 1.94. The van der Waals surface area contributed by atoms with Crippen molar-refractivity contribution in [3.63, 3.8) is 0 Å². The highest BCUT2D eigenvalue weighted by atomic mass is 19.1. The highest BCUT2D eigenvalue weighted by Gasteiger charge is 2.22. The van der Waals surface area contributed by atoms with Gasteiger partial charge in [-0.2, -0.15) is 4.98 Å². The maximum absolute atomic E-state index is 13.8. The lowest BCUT2D eigenvalue weighted by Gasteiger charge is -2.17. The fourth-order valence-electron chi connectivity index (χ4n) is 2.18. The van der Waals surface area contributed by atoms with Crippen LogP contribution < -0.4 is 10.2 Å². The van der Waals surface area contributed by atoms with Crippen LogP contribution in [-0.2, 0) is 13.1 Å². The predicted molar refractivity (Wildman–Crippen MR) is 67.9 cm³/mol. The molecule has 3 rings (SSSR count). The van der Waals surface area contributed by atoms with Gasteiger partial charge in [0.25, 0.3) is 0 Å². The van der Waals surface area contributed by atoms with Crippen molar-refractivity contribution < 1.29 is 4.39 Å². The summed E-state index contributed by atoms with van der Waals surface area (Å²) < 4.78 is 13.8. The monoisotopic (exact) mass is 244 g/mol. The van der Waals surface area contributed by atoms with Crippen LogP contribution in [0.15, 0.2) is 30.5 Å². The Hall–Kier alpha value is -2.17. The molecule has 0 saturated carbocycles. The SMILES string of the molecule is CNc1ncc(F)c(N2Cc3ccccc3C2)n1. The zero-order chi connectivity index (χ0) is 12.5. The molecule has 4 nitrogen and oxygen atoms in total. The molecule has 0 radical (unpaired) electrons. The van der Waals surface area contributed by atoms with Gasteiger partial charge in [0, 0.05) is 20.1 Å². The van der Waals surface area contributed by atoms with Crippen LogP contribution in [0, 0.1) is 5.82 Å². The molecular weight excluding hydrogens is 231 g/mol. The Morgan fingerprint density at radius 3 is 2.50 bits per heavy atom. The first-order chi connectivity index (χ1) is 8.78. The molecule has 0 saturated heterocycles. The second-order valence-electron chi connectivity index (χ2n) is 4.24. The molecule has 0 bridgehead atoms. The minimum absolute atomic E-state index is 0.352. The molecule has 0 unspecified atom stereocenters. The van der Waals surface area contributed by atoms with Gasteiger partial charge in [-0.15, -0.1) is 0 Å². The van der Waals surface area contributed by atoms with E-state index in [1.54, 1.807) is 7.05 Å². The topological polar surface area (TPSA) is 41.1 Å². The molecule has 1 aliphatic heterocycles. The van der Waals surface area contributed by atoms with Crippen LogP contribution >= 0.6 is 0 Å². The number of hydrogen-bond acceptors (Lipinski definition) is 4. The first kappa shape index (κ1) is 11.0. The standard InChI is InChI=1S/C13H13FN4/c1-15-13-16-6-11(14)12(17-13)18-7-9-4-2-3-5-10(9)8-18/h2-6H,7-8H2,1H3,(H,15,16,17). The van der Waals surface area contributed by atoms with E-state index in [9.17, 15) is 4.39 Å². The molecular formula is C13H13FN4. The quantitative estimate of drug-likeness (QED) is 0.879. The number of benzene rings is 1. The molecule has 0 spiro atoms. The number of anilines is 2. The Kier molecular flexibility index (Phi) is 2.59. The van der Waals surface area contributed by atoms with Gasteiger partial charge in [-0.05, 0) is 11.1 Å². The molecule has 1 aliphatic rings. The summed E-state index contributed by atoms with van der Waals surface area (Å²) in [5.74, 6) is 0.398. The zero-order valence-electron chi connectivity index (χ0n) is 10.0. The fraction of sp³-hybridized carbons (Fsp3) is 0.231. The number of nitrogens with zero attached hydrogens (tertiary/aromatic N) is 3. The van der Waals surface area contributed by atoms with Crippen molar-refractivity contribution in [2.75, 3.05) is 17.3 Å². The van der Waals surface area contributed by atoms with Crippen molar-refractivity contribution >= 4 is 11.8 Å². The van der Waals surface area contributed by atoms with Crippen LogP contribution in [0.1, 0.15) is 11.1 Å². The molecule has 1 N–H and O–H groups in total. The van der Waals surface area contributed by atoms with Crippen molar-refractivity contribution in [1.82, 2.24) is 9.97 Å². The van der Waals surface area contributed by atoms with E-state index in [1.807, 2.05) is 17.0 Å². The summed E-state index contributed by atoms with van der Waals surface area (Å²) in [7, 11) is 1.72. The number of aromatic nitrogens is 2. The van der Waals surface area contributed by atoms with Gasteiger partial charge in [-0.25, -0.2) is 9.37 Å². The average Bonchev–Trinajstić information content (AvgIpc) is 2.82. The van der Waals surface area contributed by atoms with Crippen LogP contribution in [0.3, 0.4) is 0 Å². The van der Waals surface area contributed by atoms with Crippen molar-refractivity contribution in [1.29, 1.82) is 0 Å². The fourth-order valence-corrected chi connectivity index (χ4v) is 2.18. The minimum atomic E-state index is -0.387. The first-order valence-corrected chi connectivity index (χ1v) is 5.80. The average molecular weight is 244 g/mol. The second kappa shape index (κ2) is 4.25. The first-order valence-electron chi connectivity index (χ1n) is 5.80. The number of nitrogens with one attached hydrogen (secondary N) is 1. The van der Waals surface area contributed by atoms with Crippen molar-refractivity contribution in [3.8, 4) is 0 Å². The molecule has 92 valence electrons. The van der Waals surface area contributed by atoms with E-state index < -0.39 is 0 Å². The Bertz CT molecular complexity index is 560. The van der Waals surface area contributed by atoms with E-state index in [0.29, 0.717) is 24.9 Å². The third kappa shape index (κ3) is 1.77. The molecule has 5 heteroatoms. The highest BCUT2D eigenvalue weighted by Crippen LogP contribution is 2.28. The van der Waals surface area contributed by atoms with Crippen LogP contribution in [0.25, 0.3) is 0 Å². The summed E-state index contributed by atoms with van der Waals surface area (Å²) in [4.78, 5) is 9.96. The van der Waals surface area contributed by atoms with Gasteiger partial charge in [-0.3, -0.25) is 0 Å². The lowest BCUT2D eigenvalue weighted by Crippen LogP contribution is -2.18. The molecule has 0 amide bonds. The Morgan fingerprint density at radius 2 is 1.89 bits per heavy atom. The smallest absolute Gasteiger partial charge is 0.224 e. The number of fused-ring (bicyclic) bond motifs is 1. The summed E-state index contributed by atoms with van der Waals surface area (Å²) in [5.41, 5.74) is 2.45. The Morgan fingerprint density at radius 1 is 1.22 bits per heavy atom. The Labute approximate surface area is 104 Å². The van der Waals surface area contributed by atoms with Gasteiger partial charge < -0.3 is 10.2 Å².